The lowest BCUT2D eigenvalue weighted by atomic mass is 10.1. The van der Waals surface area contributed by atoms with Gasteiger partial charge in [0.25, 0.3) is 0 Å². The fourth-order valence-corrected chi connectivity index (χ4v) is 1.07. The molecule has 0 aliphatic carbocycles. The van der Waals surface area contributed by atoms with Crippen LogP contribution in [0.15, 0.2) is 18.2 Å². The molecule has 0 aliphatic heterocycles. The number of hydrogen-bond donors (Lipinski definition) is 0. The van der Waals surface area contributed by atoms with E-state index in [0.717, 1.165) is 6.42 Å². The first-order valence-corrected chi connectivity index (χ1v) is 4.39. The largest absolute Gasteiger partial charge is 0.492 e. The lowest BCUT2D eigenvalue weighted by Crippen LogP contribution is -1.98. The lowest BCUT2D eigenvalue weighted by molar-refractivity contribution is 0.316. The number of ether oxygens (including phenoxy) is 1. The Bertz CT molecular complexity index is 399. The Morgan fingerprint density at radius 1 is 1.29 bits per heavy atom. The highest BCUT2D eigenvalue weighted by Crippen LogP contribution is 2.20. The van der Waals surface area contributed by atoms with E-state index in [-0.39, 0.29) is 0 Å². The minimum Gasteiger partial charge on any atom is -0.492 e. The van der Waals surface area contributed by atoms with Crippen molar-refractivity contribution in [1.29, 1.82) is 10.5 Å². The molecule has 0 atom stereocenters. The van der Waals surface area contributed by atoms with Gasteiger partial charge < -0.3 is 4.74 Å². The van der Waals surface area contributed by atoms with Crippen LogP contribution < -0.4 is 4.74 Å². The number of nitrogens with zero attached hydrogens (tertiary/aromatic N) is 2. The van der Waals surface area contributed by atoms with Crippen LogP contribution in [-0.2, 0) is 0 Å². The van der Waals surface area contributed by atoms with Crippen LogP contribution in [0.3, 0.4) is 0 Å². The normalized spacial score (nSPS) is 8.79. The number of nitriles is 2. The molecule has 14 heavy (non-hydrogen) atoms. The van der Waals surface area contributed by atoms with E-state index >= 15 is 0 Å². The van der Waals surface area contributed by atoms with Crippen LogP contribution in [0.1, 0.15) is 24.5 Å². The molecule has 0 spiro atoms. The SMILES string of the molecule is CCCOc1cccc(C#N)c1C#N. The molecular formula is C11H10N2O. The first-order chi connectivity index (χ1) is 6.83. The molecule has 0 heterocycles. The standard InChI is InChI=1S/C11H10N2O/c1-2-6-14-11-5-3-4-9(7-12)10(11)8-13/h3-5H,2,6H2,1H3. The molecule has 0 saturated heterocycles. The predicted octanol–water partition coefficient (Wildman–Crippen LogP) is 2.22. The van der Waals surface area contributed by atoms with Gasteiger partial charge in [-0.15, -0.1) is 0 Å². The minimum atomic E-state index is 0.323. The molecule has 3 heteroatoms. The summed E-state index contributed by atoms with van der Waals surface area (Å²) in [6, 6.07) is 8.96. The van der Waals surface area contributed by atoms with Crippen molar-refractivity contribution < 1.29 is 4.74 Å². The third kappa shape index (κ3) is 2.02. The van der Waals surface area contributed by atoms with Crippen molar-refractivity contribution in [3.63, 3.8) is 0 Å². The fraction of sp³-hybridized carbons (Fsp3) is 0.273. The molecule has 3 nitrogen and oxygen atoms in total. The van der Waals surface area contributed by atoms with Crippen LogP contribution in [0.2, 0.25) is 0 Å². The van der Waals surface area contributed by atoms with Gasteiger partial charge >= 0.3 is 0 Å². The molecule has 70 valence electrons. The van der Waals surface area contributed by atoms with Crippen molar-refractivity contribution >= 4 is 0 Å². The van der Waals surface area contributed by atoms with Crippen molar-refractivity contribution in [1.82, 2.24) is 0 Å². The van der Waals surface area contributed by atoms with Crippen LogP contribution in [0, 0.1) is 22.7 Å². The minimum absolute atomic E-state index is 0.323. The summed E-state index contributed by atoms with van der Waals surface area (Å²) in [6.07, 6.45) is 0.877. The van der Waals surface area contributed by atoms with Crippen LogP contribution in [0.4, 0.5) is 0 Å². The average Bonchev–Trinajstić information content (AvgIpc) is 2.25. The molecular weight excluding hydrogens is 176 g/mol. The van der Waals surface area contributed by atoms with Gasteiger partial charge in [0.1, 0.15) is 23.5 Å². The van der Waals surface area contributed by atoms with Crippen molar-refractivity contribution in [3.8, 4) is 17.9 Å². The van der Waals surface area contributed by atoms with Gasteiger partial charge in [-0.3, -0.25) is 0 Å². The molecule has 0 saturated carbocycles. The van der Waals surface area contributed by atoms with Gasteiger partial charge in [0, 0.05) is 0 Å². The maximum atomic E-state index is 8.85. The van der Waals surface area contributed by atoms with Gasteiger partial charge in [0.05, 0.1) is 12.2 Å². The molecule has 1 aromatic rings. The molecule has 0 aliphatic rings. The van der Waals surface area contributed by atoms with E-state index < -0.39 is 0 Å². The molecule has 0 unspecified atom stereocenters. The van der Waals surface area contributed by atoms with E-state index in [1.54, 1.807) is 18.2 Å². The Labute approximate surface area is 83.2 Å². The van der Waals surface area contributed by atoms with E-state index in [4.69, 9.17) is 15.3 Å². The second kappa shape index (κ2) is 4.89. The third-order valence-corrected chi connectivity index (χ3v) is 1.72. The molecule has 1 aromatic carbocycles. The van der Waals surface area contributed by atoms with E-state index in [2.05, 4.69) is 0 Å². The third-order valence-electron chi connectivity index (χ3n) is 1.72. The average molecular weight is 186 g/mol. The van der Waals surface area contributed by atoms with Crippen LogP contribution >= 0.6 is 0 Å². The van der Waals surface area contributed by atoms with Crippen molar-refractivity contribution in [2.24, 2.45) is 0 Å². The van der Waals surface area contributed by atoms with Gasteiger partial charge in [0.15, 0.2) is 0 Å². The molecule has 1 rings (SSSR count). The number of hydrogen-bond acceptors (Lipinski definition) is 3. The monoisotopic (exact) mass is 186 g/mol. The summed E-state index contributed by atoms with van der Waals surface area (Å²) in [5, 5.41) is 17.6. The maximum absolute atomic E-state index is 8.85. The van der Waals surface area contributed by atoms with Crippen molar-refractivity contribution in [2.45, 2.75) is 13.3 Å². The molecule has 0 aromatic heterocycles. The molecule has 0 N–H and O–H groups in total. The van der Waals surface area contributed by atoms with Crippen molar-refractivity contribution in [2.75, 3.05) is 6.61 Å². The fourth-order valence-electron chi connectivity index (χ4n) is 1.07. The predicted molar refractivity (Wildman–Crippen MR) is 51.7 cm³/mol. The summed E-state index contributed by atoms with van der Waals surface area (Å²) in [7, 11) is 0. The summed E-state index contributed by atoms with van der Waals surface area (Å²) in [6.45, 7) is 2.55. The van der Waals surface area contributed by atoms with Crippen LogP contribution in [0.5, 0.6) is 5.75 Å². The van der Waals surface area contributed by atoms with E-state index in [9.17, 15) is 0 Å². The summed E-state index contributed by atoms with van der Waals surface area (Å²) in [4.78, 5) is 0. The Morgan fingerprint density at radius 2 is 2.07 bits per heavy atom. The van der Waals surface area contributed by atoms with Crippen LogP contribution in [0.25, 0.3) is 0 Å². The van der Waals surface area contributed by atoms with Gasteiger partial charge in [0.2, 0.25) is 0 Å². The molecule has 0 radical (unpaired) electrons. The van der Waals surface area contributed by atoms with Gasteiger partial charge in [-0.1, -0.05) is 13.0 Å². The second-order valence-corrected chi connectivity index (χ2v) is 2.75. The quantitative estimate of drug-likeness (QED) is 0.727. The summed E-state index contributed by atoms with van der Waals surface area (Å²) < 4.78 is 5.35. The van der Waals surface area contributed by atoms with Crippen LogP contribution in [-0.4, -0.2) is 6.61 Å². The Kier molecular flexibility index (Phi) is 3.52. The van der Waals surface area contributed by atoms with E-state index in [1.807, 2.05) is 19.1 Å². The van der Waals surface area contributed by atoms with Gasteiger partial charge in [-0.2, -0.15) is 10.5 Å². The molecule has 0 fully saturated rings. The van der Waals surface area contributed by atoms with E-state index in [0.29, 0.717) is 23.5 Å². The number of benzene rings is 1. The first-order valence-electron chi connectivity index (χ1n) is 4.39. The lowest BCUT2D eigenvalue weighted by Gasteiger charge is -2.06. The molecule has 0 bridgehead atoms. The Hall–Kier alpha value is -2.00. The zero-order valence-corrected chi connectivity index (χ0v) is 7.95. The van der Waals surface area contributed by atoms with Gasteiger partial charge in [-0.05, 0) is 18.6 Å². The second-order valence-electron chi connectivity index (χ2n) is 2.75. The summed E-state index contributed by atoms with van der Waals surface area (Å²) in [5.41, 5.74) is 0.685. The summed E-state index contributed by atoms with van der Waals surface area (Å²) >= 11 is 0. The maximum Gasteiger partial charge on any atom is 0.138 e. The smallest absolute Gasteiger partial charge is 0.138 e. The van der Waals surface area contributed by atoms with Crippen molar-refractivity contribution in [3.05, 3.63) is 29.3 Å². The number of rotatable bonds is 3. The molecule has 0 amide bonds. The first kappa shape index (κ1) is 10.1. The Balaban J connectivity index is 3.06. The zero-order chi connectivity index (χ0) is 10.4. The Morgan fingerprint density at radius 3 is 2.64 bits per heavy atom. The highest BCUT2D eigenvalue weighted by Gasteiger charge is 2.07. The topological polar surface area (TPSA) is 56.8 Å². The highest BCUT2D eigenvalue weighted by atomic mass is 16.5. The summed E-state index contributed by atoms with van der Waals surface area (Å²) in [5.74, 6) is 0.494. The van der Waals surface area contributed by atoms with Gasteiger partial charge in [-0.25, -0.2) is 0 Å². The zero-order valence-electron chi connectivity index (χ0n) is 7.95. The highest BCUT2D eigenvalue weighted by molar-refractivity contribution is 5.53. The van der Waals surface area contributed by atoms with E-state index in [1.165, 1.54) is 0 Å².